The molecule has 30 heavy (non-hydrogen) atoms. The molecule has 0 atom stereocenters. The molecule has 2 heterocycles. The van der Waals surface area contributed by atoms with Crippen molar-refractivity contribution in [2.75, 3.05) is 7.11 Å². The summed E-state index contributed by atoms with van der Waals surface area (Å²) in [4.78, 5) is 30.4. The van der Waals surface area contributed by atoms with Crippen LogP contribution in [0, 0.1) is 0 Å². The molecule has 0 saturated heterocycles. The summed E-state index contributed by atoms with van der Waals surface area (Å²) in [6.45, 7) is 0.270. The number of nitrogens with one attached hydrogen (secondary N) is 1. The Hall–Kier alpha value is -3.16. The second kappa shape index (κ2) is 8.69. The van der Waals surface area contributed by atoms with Gasteiger partial charge in [0.05, 0.1) is 19.0 Å². The van der Waals surface area contributed by atoms with E-state index in [1.165, 1.54) is 22.2 Å². The van der Waals surface area contributed by atoms with Crippen molar-refractivity contribution in [3.05, 3.63) is 81.9 Å². The first-order chi connectivity index (χ1) is 14.5. The van der Waals surface area contributed by atoms with Crippen LogP contribution in [0.5, 0.6) is 5.75 Å². The van der Waals surface area contributed by atoms with E-state index in [2.05, 4.69) is 10.3 Å². The first-order valence-corrected chi connectivity index (χ1v) is 10.4. The monoisotopic (exact) mass is 439 g/mol. The molecule has 0 bridgehead atoms. The molecule has 0 aliphatic rings. The first kappa shape index (κ1) is 20.1. The summed E-state index contributed by atoms with van der Waals surface area (Å²) in [5.74, 6) is 0.505. The van der Waals surface area contributed by atoms with Crippen molar-refractivity contribution in [2.24, 2.45) is 0 Å². The molecule has 8 heteroatoms. The molecule has 0 saturated carbocycles. The number of hydrogen-bond acceptors (Lipinski definition) is 5. The number of rotatable bonds is 6. The number of aromatic nitrogens is 2. The highest BCUT2D eigenvalue weighted by atomic mass is 35.5. The lowest BCUT2D eigenvalue weighted by molar-refractivity contribution is -0.121. The van der Waals surface area contributed by atoms with Crippen LogP contribution in [0.15, 0.2) is 65.7 Å². The lowest BCUT2D eigenvalue weighted by atomic mass is 10.2. The maximum atomic E-state index is 12.8. The largest absolute Gasteiger partial charge is 0.497 e. The number of carbonyl (C=O) groups is 1. The molecule has 4 aromatic rings. The summed E-state index contributed by atoms with van der Waals surface area (Å²) in [5, 5.41) is 3.45. The van der Waals surface area contributed by atoms with Crippen molar-refractivity contribution >= 4 is 39.1 Å². The van der Waals surface area contributed by atoms with Gasteiger partial charge in [0.25, 0.3) is 5.56 Å². The summed E-state index contributed by atoms with van der Waals surface area (Å²) < 4.78 is 7.03. The standard InChI is InChI=1S/C22H18ClN3O3S/c1-29-17-8-4-15(5-9-17)19-10-18-21(30-19)22(28)26(13-25-18)12-20(27)24-11-14-2-6-16(23)7-3-14/h2-10,13H,11-12H2,1H3,(H,24,27). The summed E-state index contributed by atoms with van der Waals surface area (Å²) in [5.41, 5.74) is 2.29. The lowest BCUT2D eigenvalue weighted by Crippen LogP contribution is -2.31. The Morgan fingerprint density at radius 1 is 1.17 bits per heavy atom. The van der Waals surface area contributed by atoms with E-state index in [4.69, 9.17) is 16.3 Å². The molecule has 1 amide bonds. The second-order valence-electron chi connectivity index (χ2n) is 6.63. The Labute approximate surface area is 181 Å². The molecular weight excluding hydrogens is 422 g/mol. The highest BCUT2D eigenvalue weighted by Gasteiger charge is 2.12. The Morgan fingerprint density at radius 3 is 2.60 bits per heavy atom. The fourth-order valence-electron chi connectivity index (χ4n) is 2.97. The minimum atomic E-state index is -0.264. The van der Waals surface area contributed by atoms with Gasteiger partial charge in [0.2, 0.25) is 5.91 Å². The topological polar surface area (TPSA) is 73.2 Å². The Bertz CT molecular complexity index is 1250. The van der Waals surface area contributed by atoms with Gasteiger partial charge in [-0.2, -0.15) is 0 Å². The number of ether oxygens (including phenoxy) is 1. The molecule has 0 radical (unpaired) electrons. The summed E-state index contributed by atoms with van der Waals surface area (Å²) in [7, 11) is 1.62. The van der Waals surface area contributed by atoms with E-state index < -0.39 is 0 Å². The van der Waals surface area contributed by atoms with Gasteiger partial charge in [-0.1, -0.05) is 23.7 Å². The Morgan fingerprint density at radius 2 is 1.90 bits per heavy atom. The van der Waals surface area contributed by atoms with Crippen molar-refractivity contribution in [3.8, 4) is 16.2 Å². The number of nitrogens with zero attached hydrogens (tertiary/aromatic N) is 2. The number of halogens is 1. The van der Waals surface area contributed by atoms with E-state index in [0.29, 0.717) is 21.8 Å². The van der Waals surface area contributed by atoms with Gasteiger partial charge < -0.3 is 10.1 Å². The maximum Gasteiger partial charge on any atom is 0.271 e. The van der Waals surface area contributed by atoms with Crippen LogP contribution >= 0.6 is 22.9 Å². The molecule has 2 aromatic heterocycles. The molecule has 152 valence electrons. The average Bonchev–Trinajstić information content (AvgIpc) is 3.21. The van der Waals surface area contributed by atoms with Crippen molar-refractivity contribution in [1.82, 2.24) is 14.9 Å². The van der Waals surface area contributed by atoms with Crippen LogP contribution in [0.25, 0.3) is 20.7 Å². The van der Waals surface area contributed by atoms with Gasteiger partial charge in [-0.05, 0) is 53.6 Å². The van der Waals surface area contributed by atoms with Crippen LogP contribution in [0.1, 0.15) is 5.56 Å². The lowest BCUT2D eigenvalue weighted by Gasteiger charge is -2.07. The number of carbonyl (C=O) groups excluding carboxylic acids is 1. The molecule has 1 N–H and O–H groups in total. The Kier molecular flexibility index (Phi) is 5.83. The predicted octanol–water partition coefficient (Wildman–Crippen LogP) is 4.10. The van der Waals surface area contributed by atoms with Crippen LogP contribution in [0.3, 0.4) is 0 Å². The maximum absolute atomic E-state index is 12.8. The fraction of sp³-hybridized carbons (Fsp3) is 0.136. The van der Waals surface area contributed by atoms with Crippen LogP contribution < -0.4 is 15.6 Å². The molecule has 0 aliphatic heterocycles. The minimum absolute atomic E-state index is 0.0921. The zero-order chi connectivity index (χ0) is 21.1. The normalized spacial score (nSPS) is 10.9. The average molecular weight is 440 g/mol. The number of benzene rings is 2. The fourth-order valence-corrected chi connectivity index (χ4v) is 4.16. The van der Waals surface area contributed by atoms with Gasteiger partial charge in [-0.3, -0.25) is 14.2 Å². The van der Waals surface area contributed by atoms with Crippen LogP contribution in [-0.4, -0.2) is 22.6 Å². The number of amides is 1. The van der Waals surface area contributed by atoms with Crippen LogP contribution in [0.2, 0.25) is 5.02 Å². The van der Waals surface area contributed by atoms with Crippen molar-refractivity contribution in [3.63, 3.8) is 0 Å². The Balaban J connectivity index is 1.50. The second-order valence-corrected chi connectivity index (χ2v) is 8.12. The van der Waals surface area contributed by atoms with Gasteiger partial charge in [-0.15, -0.1) is 11.3 Å². The SMILES string of the molecule is COc1ccc(-c2cc3ncn(CC(=O)NCc4ccc(Cl)cc4)c(=O)c3s2)cc1. The molecule has 0 spiro atoms. The van der Waals surface area contributed by atoms with E-state index in [1.807, 2.05) is 42.5 Å². The highest BCUT2D eigenvalue weighted by Crippen LogP contribution is 2.31. The molecule has 4 rings (SSSR count). The third-order valence-corrected chi connectivity index (χ3v) is 6.01. The molecule has 6 nitrogen and oxygen atoms in total. The molecule has 0 aliphatic carbocycles. The van der Waals surface area contributed by atoms with Gasteiger partial charge in [-0.25, -0.2) is 4.98 Å². The van der Waals surface area contributed by atoms with Gasteiger partial charge in [0.15, 0.2) is 0 Å². The van der Waals surface area contributed by atoms with Gasteiger partial charge in [0.1, 0.15) is 17.0 Å². The van der Waals surface area contributed by atoms with E-state index in [9.17, 15) is 9.59 Å². The van der Waals surface area contributed by atoms with E-state index in [-0.39, 0.29) is 18.0 Å². The summed E-state index contributed by atoms with van der Waals surface area (Å²) in [6, 6.07) is 16.7. The van der Waals surface area contributed by atoms with E-state index >= 15 is 0 Å². The molecular formula is C22H18ClN3O3S. The minimum Gasteiger partial charge on any atom is -0.497 e. The van der Waals surface area contributed by atoms with Crippen molar-refractivity contribution in [2.45, 2.75) is 13.1 Å². The third kappa shape index (κ3) is 4.37. The smallest absolute Gasteiger partial charge is 0.271 e. The van der Waals surface area contributed by atoms with E-state index in [0.717, 1.165) is 21.8 Å². The summed E-state index contributed by atoms with van der Waals surface area (Å²) in [6.07, 6.45) is 1.41. The van der Waals surface area contributed by atoms with Crippen LogP contribution in [-0.2, 0) is 17.9 Å². The number of methoxy groups -OCH3 is 1. The number of fused-ring (bicyclic) bond motifs is 1. The third-order valence-electron chi connectivity index (χ3n) is 4.60. The van der Waals surface area contributed by atoms with E-state index in [1.54, 1.807) is 19.2 Å². The molecule has 0 unspecified atom stereocenters. The quantitative estimate of drug-likeness (QED) is 0.490. The zero-order valence-corrected chi connectivity index (χ0v) is 17.7. The first-order valence-electron chi connectivity index (χ1n) is 9.18. The van der Waals surface area contributed by atoms with Gasteiger partial charge in [0, 0.05) is 16.4 Å². The highest BCUT2D eigenvalue weighted by molar-refractivity contribution is 7.22. The zero-order valence-electron chi connectivity index (χ0n) is 16.1. The predicted molar refractivity (Wildman–Crippen MR) is 119 cm³/mol. The van der Waals surface area contributed by atoms with Gasteiger partial charge >= 0.3 is 0 Å². The molecule has 2 aromatic carbocycles. The summed E-state index contributed by atoms with van der Waals surface area (Å²) >= 11 is 7.23. The number of hydrogen-bond donors (Lipinski definition) is 1. The van der Waals surface area contributed by atoms with Crippen molar-refractivity contribution in [1.29, 1.82) is 0 Å². The number of thiophene rings is 1. The van der Waals surface area contributed by atoms with Crippen molar-refractivity contribution < 1.29 is 9.53 Å². The van der Waals surface area contributed by atoms with Crippen LogP contribution in [0.4, 0.5) is 0 Å². The molecule has 0 fully saturated rings.